The molecular weight excluding hydrogens is 426 g/mol. The van der Waals surface area contributed by atoms with E-state index < -0.39 is 0 Å². The third-order valence-corrected chi connectivity index (χ3v) is 6.75. The Morgan fingerprint density at radius 2 is 1.68 bits per heavy atom. The highest BCUT2D eigenvalue weighted by molar-refractivity contribution is 8.03. The zero-order valence-electron chi connectivity index (χ0n) is 17.4. The number of carbonyl (C=O) groups excluding carboxylic acids is 2. The van der Waals surface area contributed by atoms with E-state index in [1.165, 1.54) is 28.0 Å². The van der Waals surface area contributed by atoms with Crippen LogP contribution in [0.4, 0.5) is 5.69 Å². The number of thiophene rings is 1. The van der Waals surface area contributed by atoms with E-state index in [9.17, 15) is 9.59 Å². The van der Waals surface area contributed by atoms with Crippen LogP contribution in [-0.4, -0.2) is 18.4 Å². The summed E-state index contributed by atoms with van der Waals surface area (Å²) in [6.07, 6.45) is 0. The van der Waals surface area contributed by atoms with Crippen molar-refractivity contribution < 1.29 is 14.3 Å². The lowest BCUT2D eigenvalue weighted by atomic mass is 10.2. The second kappa shape index (κ2) is 9.54. The van der Waals surface area contributed by atoms with Crippen molar-refractivity contribution in [3.05, 3.63) is 87.5 Å². The Bertz CT molecular complexity index is 1090. The number of nitrogens with zero attached hydrogens (tertiary/aromatic N) is 1. The Hall–Kier alpha value is -2.83. The summed E-state index contributed by atoms with van der Waals surface area (Å²) in [5.74, 6) is 1.22. The standard InChI is InChI=1S/C25H23NO3S2/c1-17(2)15-29-20-12-10-19(11-13-20)26-24(27)22(21-9-6-14-30-21)23(25(26)28)31-16-18-7-4-3-5-8-18/h3-14,17H,15-16H2,1-2H3. The predicted molar refractivity (Wildman–Crippen MR) is 128 cm³/mol. The van der Waals surface area contributed by atoms with Crippen molar-refractivity contribution in [1.29, 1.82) is 0 Å². The van der Waals surface area contributed by atoms with E-state index in [1.807, 2.05) is 47.8 Å². The fourth-order valence-electron chi connectivity index (χ4n) is 3.20. The second-order valence-electron chi connectivity index (χ2n) is 7.60. The van der Waals surface area contributed by atoms with Gasteiger partial charge in [-0.1, -0.05) is 50.2 Å². The SMILES string of the molecule is CC(C)COc1ccc(N2C(=O)C(SCc3ccccc3)=C(c3cccs3)C2=O)cc1. The summed E-state index contributed by atoms with van der Waals surface area (Å²) in [6, 6.07) is 20.9. The number of rotatable bonds is 8. The maximum Gasteiger partial charge on any atom is 0.272 e. The van der Waals surface area contributed by atoms with Crippen LogP contribution in [0.15, 0.2) is 77.0 Å². The minimum absolute atomic E-state index is 0.273. The number of imide groups is 1. The molecule has 1 aromatic heterocycles. The van der Waals surface area contributed by atoms with Gasteiger partial charge in [0, 0.05) is 10.6 Å². The van der Waals surface area contributed by atoms with Gasteiger partial charge in [-0.15, -0.1) is 23.1 Å². The summed E-state index contributed by atoms with van der Waals surface area (Å²) in [5, 5.41) is 1.92. The Labute approximate surface area is 190 Å². The quantitative estimate of drug-likeness (QED) is 0.396. The molecule has 158 valence electrons. The maximum atomic E-state index is 13.3. The van der Waals surface area contributed by atoms with E-state index in [-0.39, 0.29) is 11.8 Å². The lowest BCUT2D eigenvalue weighted by molar-refractivity contribution is -0.119. The number of thioether (sulfide) groups is 1. The number of benzene rings is 2. The predicted octanol–water partition coefficient (Wildman–Crippen LogP) is 6.00. The van der Waals surface area contributed by atoms with Gasteiger partial charge in [-0.2, -0.15) is 0 Å². The van der Waals surface area contributed by atoms with Gasteiger partial charge in [0.25, 0.3) is 11.8 Å². The third kappa shape index (κ3) is 4.75. The van der Waals surface area contributed by atoms with Crippen molar-refractivity contribution in [1.82, 2.24) is 0 Å². The molecule has 0 radical (unpaired) electrons. The van der Waals surface area contributed by atoms with Gasteiger partial charge in [-0.05, 0) is 47.2 Å². The van der Waals surface area contributed by atoms with Crippen molar-refractivity contribution in [2.24, 2.45) is 5.92 Å². The highest BCUT2D eigenvalue weighted by Gasteiger charge is 2.40. The van der Waals surface area contributed by atoms with Crippen LogP contribution in [0, 0.1) is 5.92 Å². The molecule has 31 heavy (non-hydrogen) atoms. The summed E-state index contributed by atoms with van der Waals surface area (Å²) in [4.78, 5) is 29.3. The zero-order chi connectivity index (χ0) is 21.8. The van der Waals surface area contributed by atoms with Gasteiger partial charge in [-0.3, -0.25) is 9.59 Å². The van der Waals surface area contributed by atoms with Crippen molar-refractivity contribution >= 4 is 46.2 Å². The van der Waals surface area contributed by atoms with Gasteiger partial charge in [0.15, 0.2) is 0 Å². The van der Waals surface area contributed by atoms with Crippen molar-refractivity contribution in [3.63, 3.8) is 0 Å². The molecule has 0 N–H and O–H groups in total. The van der Waals surface area contributed by atoms with Crippen molar-refractivity contribution in [2.45, 2.75) is 19.6 Å². The molecule has 0 fully saturated rings. The van der Waals surface area contributed by atoms with Crippen LogP contribution in [0.1, 0.15) is 24.3 Å². The van der Waals surface area contributed by atoms with E-state index in [0.717, 1.165) is 16.2 Å². The van der Waals surface area contributed by atoms with Crippen LogP contribution in [0.3, 0.4) is 0 Å². The van der Waals surface area contributed by atoms with Gasteiger partial charge < -0.3 is 4.74 Å². The van der Waals surface area contributed by atoms with Gasteiger partial charge in [0.2, 0.25) is 0 Å². The Morgan fingerprint density at radius 1 is 0.935 bits per heavy atom. The van der Waals surface area contributed by atoms with Gasteiger partial charge in [0.05, 0.1) is 22.8 Å². The highest BCUT2D eigenvalue weighted by atomic mass is 32.2. The smallest absolute Gasteiger partial charge is 0.272 e. The Kier molecular flexibility index (Phi) is 6.59. The summed E-state index contributed by atoms with van der Waals surface area (Å²) in [5.41, 5.74) is 2.15. The number of amides is 2. The third-order valence-electron chi connectivity index (χ3n) is 4.71. The first-order chi connectivity index (χ1) is 15.0. The fourth-order valence-corrected chi connectivity index (χ4v) is 5.09. The largest absolute Gasteiger partial charge is 0.493 e. The minimum atomic E-state index is -0.279. The summed E-state index contributed by atoms with van der Waals surface area (Å²) >= 11 is 2.89. The zero-order valence-corrected chi connectivity index (χ0v) is 19.0. The van der Waals surface area contributed by atoms with E-state index in [2.05, 4.69) is 13.8 Å². The maximum absolute atomic E-state index is 13.3. The molecule has 4 nitrogen and oxygen atoms in total. The van der Waals surface area contributed by atoms with E-state index in [4.69, 9.17) is 4.74 Å². The number of hydrogen-bond donors (Lipinski definition) is 0. The lowest BCUT2D eigenvalue weighted by Crippen LogP contribution is -2.31. The molecule has 2 aromatic carbocycles. The Morgan fingerprint density at radius 3 is 2.32 bits per heavy atom. The molecule has 1 aliphatic rings. The summed E-state index contributed by atoms with van der Waals surface area (Å²) < 4.78 is 5.73. The summed E-state index contributed by atoms with van der Waals surface area (Å²) in [7, 11) is 0. The normalized spacial score (nSPS) is 14.1. The van der Waals surface area contributed by atoms with Crippen LogP contribution >= 0.6 is 23.1 Å². The van der Waals surface area contributed by atoms with E-state index in [0.29, 0.717) is 34.4 Å². The molecular formula is C25H23NO3S2. The number of ether oxygens (including phenoxy) is 1. The molecule has 0 spiro atoms. The molecule has 0 unspecified atom stereocenters. The van der Waals surface area contributed by atoms with Crippen LogP contribution in [-0.2, 0) is 15.3 Å². The number of hydrogen-bond acceptors (Lipinski definition) is 5. The highest BCUT2D eigenvalue weighted by Crippen LogP contribution is 2.41. The molecule has 0 saturated carbocycles. The molecule has 4 rings (SSSR count). The summed E-state index contributed by atoms with van der Waals surface area (Å²) in [6.45, 7) is 4.79. The van der Waals surface area contributed by atoms with Gasteiger partial charge >= 0.3 is 0 Å². The molecule has 0 bridgehead atoms. The fraction of sp³-hybridized carbons (Fsp3) is 0.200. The first-order valence-electron chi connectivity index (χ1n) is 10.1. The second-order valence-corrected chi connectivity index (χ2v) is 9.53. The van der Waals surface area contributed by atoms with Crippen LogP contribution in [0.5, 0.6) is 5.75 Å². The topological polar surface area (TPSA) is 46.6 Å². The molecule has 2 amide bonds. The molecule has 6 heteroatoms. The van der Waals surface area contributed by atoms with E-state index in [1.54, 1.807) is 24.3 Å². The first kappa shape index (κ1) is 21.4. The molecule has 3 aromatic rings. The monoisotopic (exact) mass is 449 g/mol. The Balaban J connectivity index is 1.60. The van der Waals surface area contributed by atoms with Crippen LogP contribution in [0.25, 0.3) is 5.57 Å². The van der Waals surface area contributed by atoms with Crippen LogP contribution in [0.2, 0.25) is 0 Å². The number of anilines is 1. The lowest BCUT2D eigenvalue weighted by Gasteiger charge is -2.16. The van der Waals surface area contributed by atoms with Gasteiger partial charge in [-0.25, -0.2) is 4.90 Å². The molecule has 1 aliphatic heterocycles. The number of carbonyl (C=O) groups is 2. The average molecular weight is 450 g/mol. The average Bonchev–Trinajstić information content (AvgIpc) is 3.38. The van der Waals surface area contributed by atoms with Crippen molar-refractivity contribution in [2.75, 3.05) is 11.5 Å². The first-order valence-corrected chi connectivity index (χ1v) is 12.0. The van der Waals surface area contributed by atoms with Crippen LogP contribution < -0.4 is 9.64 Å². The van der Waals surface area contributed by atoms with E-state index >= 15 is 0 Å². The molecule has 2 heterocycles. The van der Waals surface area contributed by atoms with Crippen molar-refractivity contribution in [3.8, 4) is 5.75 Å². The molecule has 0 saturated heterocycles. The molecule has 0 aliphatic carbocycles. The minimum Gasteiger partial charge on any atom is -0.493 e. The van der Waals surface area contributed by atoms with Gasteiger partial charge in [0.1, 0.15) is 5.75 Å². The molecule has 0 atom stereocenters.